The molecule has 5 nitrogen and oxygen atoms in total. The maximum absolute atomic E-state index is 13.3. The summed E-state index contributed by atoms with van der Waals surface area (Å²) < 4.78 is 11.7. The van der Waals surface area contributed by atoms with Gasteiger partial charge in [-0.1, -0.05) is 12.1 Å². The van der Waals surface area contributed by atoms with E-state index in [2.05, 4.69) is 0 Å². The molecule has 1 atom stereocenters. The molecule has 146 valence electrons. The third kappa shape index (κ3) is 3.88. The molecule has 1 amide bonds. The third-order valence-electron chi connectivity index (χ3n) is 5.03. The van der Waals surface area contributed by atoms with E-state index in [-0.39, 0.29) is 23.2 Å². The smallest absolute Gasteiger partial charge is 0.290 e. The van der Waals surface area contributed by atoms with Crippen LogP contribution in [-0.2, 0) is 11.3 Å². The van der Waals surface area contributed by atoms with Crippen LogP contribution in [0.5, 0.6) is 0 Å². The van der Waals surface area contributed by atoms with E-state index in [0.717, 1.165) is 35.5 Å². The van der Waals surface area contributed by atoms with Crippen molar-refractivity contribution < 1.29 is 13.9 Å². The Morgan fingerprint density at radius 2 is 2.14 bits per heavy atom. The number of thiophene rings is 1. The van der Waals surface area contributed by atoms with Gasteiger partial charge in [-0.05, 0) is 55.3 Å². The maximum atomic E-state index is 13.3. The van der Waals surface area contributed by atoms with Crippen molar-refractivity contribution in [3.63, 3.8) is 0 Å². The first-order valence-electron chi connectivity index (χ1n) is 9.49. The molecule has 4 rings (SSSR count). The second-order valence-electron chi connectivity index (χ2n) is 7.33. The largest absolute Gasteiger partial charge is 0.450 e. The molecule has 28 heavy (non-hydrogen) atoms. The normalized spacial score (nSPS) is 16.6. The van der Waals surface area contributed by atoms with E-state index >= 15 is 0 Å². The summed E-state index contributed by atoms with van der Waals surface area (Å²) in [5.41, 5.74) is 2.14. The predicted octanol–water partition coefficient (Wildman–Crippen LogP) is 4.29. The minimum Gasteiger partial charge on any atom is -0.450 e. The van der Waals surface area contributed by atoms with Gasteiger partial charge in [-0.15, -0.1) is 11.3 Å². The van der Waals surface area contributed by atoms with E-state index in [0.29, 0.717) is 24.1 Å². The highest BCUT2D eigenvalue weighted by Gasteiger charge is 2.26. The molecule has 1 fully saturated rings. The molecule has 0 bridgehead atoms. The Labute approximate surface area is 167 Å². The van der Waals surface area contributed by atoms with Gasteiger partial charge < -0.3 is 14.1 Å². The molecule has 0 radical (unpaired) electrons. The monoisotopic (exact) mass is 397 g/mol. The van der Waals surface area contributed by atoms with Gasteiger partial charge in [0.2, 0.25) is 0 Å². The molecule has 0 aliphatic carbocycles. The van der Waals surface area contributed by atoms with Crippen LogP contribution >= 0.6 is 11.3 Å². The molecule has 0 N–H and O–H groups in total. The number of carbonyl (C=O) groups excluding carboxylic acids is 1. The van der Waals surface area contributed by atoms with Gasteiger partial charge in [0.1, 0.15) is 5.58 Å². The number of amides is 1. The molecule has 1 aliphatic rings. The minimum absolute atomic E-state index is 0.0282. The quantitative estimate of drug-likeness (QED) is 0.644. The zero-order valence-electron chi connectivity index (χ0n) is 16.1. The maximum Gasteiger partial charge on any atom is 0.290 e. The Hall–Kier alpha value is -2.44. The molecule has 1 aromatic carbocycles. The lowest BCUT2D eigenvalue weighted by Crippen LogP contribution is -2.37. The summed E-state index contributed by atoms with van der Waals surface area (Å²) in [7, 11) is 0. The summed E-state index contributed by atoms with van der Waals surface area (Å²) in [6, 6.07) is 9.05. The van der Waals surface area contributed by atoms with Crippen molar-refractivity contribution in [2.24, 2.45) is 0 Å². The lowest BCUT2D eigenvalue weighted by Gasteiger charge is -2.24. The molecule has 0 saturated carbocycles. The Morgan fingerprint density at radius 3 is 2.86 bits per heavy atom. The van der Waals surface area contributed by atoms with Crippen LogP contribution in [0.3, 0.4) is 0 Å². The molecule has 0 unspecified atom stereocenters. The van der Waals surface area contributed by atoms with Gasteiger partial charge in [-0.25, -0.2) is 0 Å². The summed E-state index contributed by atoms with van der Waals surface area (Å²) in [5, 5.41) is 2.50. The van der Waals surface area contributed by atoms with Crippen LogP contribution in [0, 0.1) is 13.8 Å². The van der Waals surface area contributed by atoms with Crippen molar-refractivity contribution in [3.05, 3.63) is 67.7 Å². The molecular formula is C22H23NO4S. The first-order chi connectivity index (χ1) is 13.5. The van der Waals surface area contributed by atoms with Crippen LogP contribution in [0.15, 0.2) is 44.9 Å². The highest BCUT2D eigenvalue weighted by Crippen LogP contribution is 2.22. The number of hydrogen-bond acceptors (Lipinski definition) is 5. The number of hydrogen-bond donors (Lipinski definition) is 0. The van der Waals surface area contributed by atoms with Crippen LogP contribution < -0.4 is 5.43 Å². The van der Waals surface area contributed by atoms with Gasteiger partial charge in [0.05, 0.1) is 18.0 Å². The zero-order valence-corrected chi connectivity index (χ0v) is 16.9. The number of benzene rings is 1. The van der Waals surface area contributed by atoms with Crippen molar-refractivity contribution in [1.82, 2.24) is 4.90 Å². The summed E-state index contributed by atoms with van der Waals surface area (Å²) in [6.45, 7) is 5.53. The fourth-order valence-electron chi connectivity index (χ4n) is 3.71. The standard InChI is InChI=1S/C22H23NO4S/c1-14-9-15(2)21-18(10-14)19(24)11-20(27-21)22(25)23(12-16-5-3-7-26-16)13-17-6-4-8-28-17/h4,6,8-11,16H,3,5,7,12-13H2,1-2H3/t16-/m1/s1. The predicted molar refractivity (Wildman–Crippen MR) is 110 cm³/mol. The summed E-state index contributed by atoms with van der Waals surface area (Å²) >= 11 is 1.60. The van der Waals surface area contributed by atoms with Crippen molar-refractivity contribution >= 4 is 28.2 Å². The number of rotatable bonds is 5. The van der Waals surface area contributed by atoms with E-state index in [1.807, 2.05) is 37.4 Å². The number of nitrogens with zero attached hydrogens (tertiary/aromatic N) is 1. The van der Waals surface area contributed by atoms with Crippen LogP contribution in [-0.4, -0.2) is 30.1 Å². The first kappa shape index (κ1) is 18.9. The molecule has 1 saturated heterocycles. The topological polar surface area (TPSA) is 59.8 Å². The fourth-order valence-corrected chi connectivity index (χ4v) is 4.43. The molecule has 1 aliphatic heterocycles. The molecule has 3 aromatic rings. The van der Waals surface area contributed by atoms with Gasteiger partial charge in [-0.2, -0.15) is 0 Å². The summed E-state index contributed by atoms with van der Waals surface area (Å²) in [6.07, 6.45) is 1.98. The van der Waals surface area contributed by atoms with E-state index in [1.165, 1.54) is 6.07 Å². The lowest BCUT2D eigenvalue weighted by atomic mass is 10.1. The Kier molecular flexibility index (Phi) is 5.33. The minimum atomic E-state index is -0.275. The van der Waals surface area contributed by atoms with Crippen LogP contribution in [0.25, 0.3) is 11.0 Å². The SMILES string of the molecule is Cc1cc(C)c2oc(C(=O)N(Cc3cccs3)C[C@H]3CCCO3)cc(=O)c2c1. The molecule has 6 heteroatoms. The van der Waals surface area contributed by atoms with Gasteiger partial charge in [0, 0.05) is 24.1 Å². The molecule has 2 aromatic heterocycles. The molecular weight excluding hydrogens is 374 g/mol. The van der Waals surface area contributed by atoms with Crippen LogP contribution in [0.4, 0.5) is 0 Å². The first-order valence-corrected chi connectivity index (χ1v) is 10.4. The zero-order chi connectivity index (χ0) is 19.7. The van der Waals surface area contributed by atoms with Gasteiger partial charge in [-0.3, -0.25) is 9.59 Å². The highest BCUT2D eigenvalue weighted by atomic mass is 32.1. The Bertz CT molecular complexity index is 1050. The summed E-state index contributed by atoms with van der Waals surface area (Å²) in [4.78, 5) is 28.7. The van der Waals surface area contributed by atoms with Crippen LogP contribution in [0.1, 0.15) is 39.4 Å². The average Bonchev–Trinajstić information content (AvgIpc) is 3.35. The van der Waals surface area contributed by atoms with Crippen molar-refractivity contribution in [1.29, 1.82) is 0 Å². The van der Waals surface area contributed by atoms with E-state index in [9.17, 15) is 9.59 Å². The summed E-state index contributed by atoms with van der Waals surface area (Å²) in [5.74, 6) is -0.193. The van der Waals surface area contributed by atoms with Gasteiger partial charge in [0.25, 0.3) is 5.91 Å². The number of ether oxygens (including phenoxy) is 1. The number of carbonyl (C=O) groups is 1. The van der Waals surface area contributed by atoms with Crippen LogP contribution in [0.2, 0.25) is 0 Å². The Balaban J connectivity index is 1.69. The lowest BCUT2D eigenvalue weighted by molar-refractivity contribution is 0.0486. The highest BCUT2D eigenvalue weighted by molar-refractivity contribution is 7.09. The fraction of sp³-hybridized carbons (Fsp3) is 0.364. The molecule has 3 heterocycles. The second-order valence-corrected chi connectivity index (χ2v) is 8.37. The molecule has 0 spiro atoms. The number of fused-ring (bicyclic) bond motifs is 1. The Morgan fingerprint density at radius 1 is 1.29 bits per heavy atom. The van der Waals surface area contributed by atoms with Crippen molar-refractivity contribution in [2.75, 3.05) is 13.2 Å². The average molecular weight is 397 g/mol. The van der Waals surface area contributed by atoms with Crippen molar-refractivity contribution in [2.45, 2.75) is 39.3 Å². The van der Waals surface area contributed by atoms with Gasteiger partial charge in [0.15, 0.2) is 11.2 Å². The third-order valence-corrected chi connectivity index (χ3v) is 5.89. The van der Waals surface area contributed by atoms with Crippen molar-refractivity contribution in [3.8, 4) is 0 Å². The number of aryl methyl sites for hydroxylation is 2. The second kappa shape index (κ2) is 7.89. The van der Waals surface area contributed by atoms with E-state index < -0.39 is 0 Å². The van der Waals surface area contributed by atoms with Gasteiger partial charge >= 0.3 is 0 Å². The van der Waals surface area contributed by atoms with E-state index in [4.69, 9.17) is 9.15 Å². The van der Waals surface area contributed by atoms with E-state index in [1.54, 1.807) is 22.3 Å².